The van der Waals surface area contributed by atoms with Crippen molar-refractivity contribution >= 4 is 11.9 Å². The lowest BCUT2D eigenvalue weighted by Gasteiger charge is -2.24. The van der Waals surface area contributed by atoms with Crippen molar-refractivity contribution in [3.8, 4) is 5.75 Å². The summed E-state index contributed by atoms with van der Waals surface area (Å²) in [5.74, 6) is -0.314. The van der Waals surface area contributed by atoms with E-state index in [-0.39, 0.29) is 18.9 Å². The van der Waals surface area contributed by atoms with Crippen LogP contribution in [-0.4, -0.2) is 30.6 Å². The highest BCUT2D eigenvalue weighted by Gasteiger charge is 2.41. The second-order valence-corrected chi connectivity index (χ2v) is 5.56. The van der Waals surface area contributed by atoms with Gasteiger partial charge in [0, 0.05) is 12.1 Å². The van der Waals surface area contributed by atoms with Gasteiger partial charge in [-0.3, -0.25) is 9.59 Å². The van der Waals surface area contributed by atoms with Crippen molar-refractivity contribution in [2.45, 2.75) is 32.1 Å². The average Bonchev–Trinajstić information content (AvgIpc) is 2.96. The zero-order valence-corrected chi connectivity index (χ0v) is 12.2. The molecule has 0 unspecified atom stereocenters. The van der Waals surface area contributed by atoms with E-state index in [2.05, 4.69) is 5.32 Å². The van der Waals surface area contributed by atoms with Crippen LogP contribution in [0.25, 0.3) is 0 Å². The molecule has 1 amide bonds. The number of ether oxygens (including phenoxy) is 1. The van der Waals surface area contributed by atoms with Crippen LogP contribution in [0.4, 0.5) is 0 Å². The summed E-state index contributed by atoms with van der Waals surface area (Å²) in [6, 6.07) is 7.33. The molecule has 5 heteroatoms. The number of carbonyl (C=O) groups is 2. The van der Waals surface area contributed by atoms with E-state index in [0.29, 0.717) is 18.6 Å². The van der Waals surface area contributed by atoms with Crippen molar-refractivity contribution in [1.82, 2.24) is 5.32 Å². The van der Waals surface area contributed by atoms with E-state index in [1.807, 2.05) is 18.2 Å². The summed E-state index contributed by atoms with van der Waals surface area (Å²) >= 11 is 0. The molecular formula is C16H21NO4. The first-order chi connectivity index (χ1) is 10.1. The molecule has 1 aliphatic carbocycles. The van der Waals surface area contributed by atoms with Crippen LogP contribution in [0.2, 0.25) is 0 Å². The topological polar surface area (TPSA) is 75.6 Å². The molecule has 0 atom stereocenters. The van der Waals surface area contributed by atoms with Crippen molar-refractivity contribution in [3.63, 3.8) is 0 Å². The van der Waals surface area contributed by atoms with E-state index >= 15 is 0 Å². The van der Waals surface area contributed by atoms with Gasteiger partial charge in [-0.25, -0.2) is 0 Å². The van der Waals surface area contributed by atoms with Crippen LogP contribution in [0.5, 0.6) is 5.75 Å². The van der Waals surface area contributed by atoms with Crippen LogP contribution in [0.15, 0.2) is 24.3 Å². The number of hydrogen-bond donors (Lipinski definition) is 2. The van der Waals surface area contributed by atoms with Crippen LogP contribution in [0.3, 0.4) is 0 Å². The number of para-hydroxylation sites is 1. The Bertz CT molecular complexity index is 521. The molecule has 0 radical (unpaired) electrons. The SMILES string of the molecule is COc1ccccc1CC(=O)NCC1(C(=O)O)CCCC1. The highest BCUT2D eigenvalue weighted by Crippen LogP contribution is 2.37. The Kier molecular flexibility index (Phi) is 4.83. The van der Waals surface area contributed by atoms with Gasteiger partial charge in [0.1, 0.15) is 5.75 Å². The Hall–Kier alpha value is -2.04. The fraction of sp³-hybridized carbons (Fsp3) is 0.500. The van der Waals surface area contributed by atoms with E-state index in [4.69, 9.17) is 4.74 Å². The van der Waals surface area contributed by atoms with Crippen LogP contribution in [0, 0.1) is 5.41 Å². The first kappa shape index (κ1) is 15.4. The van der Waals surface area contributed by atoms with Crippen molar-refractivity contribution in [2.24, 2.45) is 5.41 Å². The van der Waals surface area contributed by atoms with Crippen LogP contribution < -0.4 is 10.1 Å². The van der Waals surface area contributed by atoms with E-state index < -0.39 is 11.4 Å². The standard InChI is InChI=1S/C16H21NO4/c1-21-13-7-3-2-6-12(13)10-14(18)17-11-16(15(19)20)8-4-5-9-16/h2-3,6-7H,4-5,8-11H2,1H3,(H,17,18)(H,19,20). The number of amides is 1. The Morgan fingerprint density at radius 1 is 1.29 bits per heavy atom. The van der Waals surface area contributed by atoms with E-state index in [1.165, 1.54) is 0 Å². The van der Waals surface area contributed by atoms with Crippen LogP contribution in [0.1, 0.15) is 31.2 Å². The van der Waals surface area contributed by atoms with Crippen molar-refractivity contribution in [3.05, 3.63) is 29.8 Å². The number of aliphatic carboxylic acids is 1. The molecule has 1 aromatic rings. The molecule has 1 aromatic carbocycles. The fourth-order valence-corrected chi connectivity index (χ4v) is 2.87. The summed E-state index contributed by atoms with van der Waals surface area (Å²) < 4.78 is 5.21. The molecule has 2 N–H and O–H groups in total. The summed E-state index contributed by atoms with van der Waals surface area (Å²) in [4.78, 5) is 23.5. The number of methoxy groups -OCH3 is 1. The summed E-state index contributed by atoms with van der Waals surface area (Å²) in [7, 11) is 1.56. The summed E-state index contributed by atoms with van der Waals surface area (Å²) in [6.45, 7) is 0.205. The molecule has 1 fully saturated rings. The highest BCUT2D eigenvalue weighted by molar-refractivity contribution is 5.81. The van der Waals surface area contributed by atoms with Gasteiger partial charge in [-0.15, -0.1) is 0 Å². The van der Waals surface area contributed by atoms with Crippen LogP contribution in [-0.2, 0) is 16.0 Å². The maximum atomic E-state index is 12.0. The van der Waals surface area contributed by atoms with Gasteiger partial charge in [0.2, 0.25) is 5.91 Å². The first-order valence-electron chi connectivity index (χ1n) is 7.19. The Labute approximate surface area is 124 Å². The molecule has 21 heavy (non-hydrogen) atoms. The summed E-state index contributed by atoms with van der Waals surface area (Å²) in [5.41, 5.74) is 0.0180. The zero-order chi connectivity index (χ0) is 15.3. The summed E-state index contributed by atoms with van der Waals surface area (Å²) in [5, 5.41) is 12.1. The molecule has 0 aliphatic heterocycles. The number of carbonyl (C=O) groups excluding carboxylic acids is 1. The second-order valence-electron chi connectivity index (χ2n) is 5.56. The molecule has 1 saturated carbocycles. The molecule has 114 valence electrons. The molecule has 0 heterocycles. The zero-order valence-electron chi connectivity index (χ0n) is 12.2. The van der Waals surface area contributed by atoms with Gasteiger partial charge in [-0.2, -0.15) is 0 Å². The largest absolute Gasteiger partial charge is 0.496 e. The molecule has 0 aromatic heterocycles. The minimum Gasteiger partial charge on any atom is -0.496 e. The van der Waals surface area contributed by atoms with Gasteiger partial charge >= 0.3 is 5.97 Å². The summed E-state index contributed by atoms with van der Waals surface area (Å²) in [6.07, 6.45) is 3.29. The number of nitrogens with one attached hydrogen (secondary N) is 1. The van der Waals surface area contributed by atoms with Crippen molar-refractivity contribution < 1.29 is 19.4 Å². The smallest absolute Gasteiger partial charge is 0.311 e. The van der Waals surface area contributed by atoms with Crippen LogP contribution >= 0.6 is 0 Å². The third kappa shape index (κ3) is 3.54. The van der Waals surface area contributed by atoms with Gasteiger partial charge in [0.15, 0.2) is 0 Å². The molecule has 0 bridgehead atoms. The number of carboxylic acid groups (broad SMARTS) is 1. The lowest BCUT2D eigenvalue weighted by atomic mass is 9.86. The average molecular weight is 291 g/mol. The Morgan fingerprint density at radius 3 is 2.57 bits per heavy atom. The molecule has 0 spiro atoms. The lowest BCUT2D eigenvalue weighted by molar-refractivity contribution is -0.148. The van der Waals surface area contributed by atoms with Gasteiger partial charge in [0.05, 0.1) is 18.9 Å². The molecular weight excluding hydrogens is 270 g/mol. The van der Waals surface area contributed by atoms with Crippen molar-refractivity contribution in [1.29, 1.82) is 0 Å². The number of rotatable bonds is 6. The number of benzene rings is 1. The minimum absolute atomic E-state index is 0.174. The third-order valence-corrected chi connectivity index (χ3v) is 4.18. The second kappa shape index (κ2) is 6.61. The highest BCUT2D eigenvalue weighted by atomic mass is 16.5. The molecule has 2 rings (SSSR count). The fourth-order valence-electron chi connectivity index (χ4n) is 2.87. The molecule has 1 aliphatic rings. The quantitative estimate of drug-likeness (QED) is 0.840. The third-order valence-electron chi connectivity index (χ3n) is 4.18. The van der Waals surface area contributed by atoms with E-state index in [0.717, 1.165) is 18.4 Å². The van der Waals surface area contributed by atoms with Crippen molar-refractivity contribution in [2.75, 3.05) is 13.7 Å². The predicted octanol–water partition coefficient (Wildman–Crippen LogP) is 2.00. The normalized spacial score (nSPS) is 16.4. The van der Waals surface area contributed by atoms with Gasteiger partial charge in [-0.1, -0.05) is 31.0 Å². The van der Waals surface area contributed by atoms with E-state index in [1.54, 1.807) is 13.2 Å². The first-order valence-corrected chi connectivity index (χ1v) is 7.19. The Balaban J connectivity index is 1.94. The molecule has 5 nitrogen and oxygen atoms in total. The lowest BCUT2D eigenvalue weighted by Crippen LogP contribution is -2.41. The molecule has 0 saturated heterocycles. The maximum Gasteiger partial charge on any atom is 0.311 e. The van der Waals surface area contributed by atoms with E-state index in [9.17, 15) is 14.7 Å². The number of hydrogen-bond acceptors (Lipinski definition) is 3. The van der Waals surface area contributed by atoms with Gasteiger partial charge in [0.25, 0.3) is 0 Å². The van der Waals surface area contributed by atoms with Gasteiger partial charge < -0.3 is 15.2 Å². The maximum absolute atomic E-state index is 12.0. The minimum atomic E-state index is -0.808. The predicted molar refractivity (Wildman–Crippen MR) is 78.2 cm³/mol. The number of carboxylic acids is 1. The monoisotopic (exact) mass is 291 g/mol. The van der Waals surface area contributed by atoms with Gasteiger partial charge in [-0.05, 0) is 18.9 Å². The Morgan fingerprint density at radius 2 is 1.95 bits per heavy atom.